The van der Waals surface area contributed by atoms with Crippen molar-refractivity contribution < 1.29 is 14.3 Å². The van der Waals surface area contributed by atoms with E-state index < -0.39 is 0 Å². The molecule has 0 spiro atoms. The lowest BCUT2D eigenvalue weighted by atomic mass is 10.0. The molecule has 5 nitrogen and oxygen atoms in total. The number of esters is 1. The predicted molar refractivity (Wildman–Crippen MR) is 78.1 cm³/mol. The zero-order valence-corrected chi connectivity index (χ0v) is 13.1. The first kappa shape index (κ1) is 16.3. The molecule has 112 valence electrons. The molecule has 1 rings (SSSR count). The Kier molecular flexibility index (Phi) is 4.98. The molecule has 1 aromatic rings. The van der Waals surface area contributed by atoms with Gasteiger partial charge >= 0.3 is 5.97 Å². The van der Waals surface area contributed by atoms with Gasteiger partial charge in [0.2, 0.25) is 0 Å². The molecule has 1 amide bonds. The lowest BCUT2D eigenvalue weighted by Crippen LogP contribution is -2.41. The number of carbonyl (C=O) groups is 2. The standard InChI is InChI=1S/C15H24N2O3/c1-7-10-11(14(19)20-8-2)9(3)16-12(10)13(18)17-15(4,5)6/h16H,7-8H2,1-6H3,(H,17,18). The summed E-state index contributed by atoms with van der Waals surface area (Å²) >= 11 is 0. The number of amides is 1. The Balaban J connectivity index is 3.20. The molecular weight excluding hydrogens is 256 g/mol. The number of nitrogens with one attached hydrogen (secondary N) is 2. The molecule has 0 saturated carbocycles. The number of aromatic nitrogens is 1. The molecule has 1 heterocycles. The van der Waals surface area contributed by atoms with Crippen LogP contribution in [0.15, 0.2) is 0 Å². The summed E-state index contributed by atoms with van der Waals surface area (Å²) in [6, 6.07) is 0. The maximum atomic E-state index is 12.3. The van der Waals surface area contributed by atoms with Crippen molar-refractivity contribution in [3.63, 3.8) is 0 Å². The fourth-order valence-electron chi connectivity index (χ4n) is 2.11. The van der Waals surface area contributed by atoms with Crippen LogP contribution in [0.5, 0.6) is 0 Å². The van der Waals surface area contributed by atoms with Gasteiger partial charge < -0.3 is 15.0 Å². The number of carbonyl (C=O) groups excluding carboxylic acids is 2. The van der Waals surface area contributed by atoms with Crippen molar-refractivity contribution in [3.05, 3.63) is 22.5 Å². The normalized spacial score (nSPS) is 11.3. The highest BCUT2D eigenvalue weighted by atomic mass is 16.5. The molecule has 0 unspecified atom stereocenters. The van der Waals surface area contributed by atoms with Crippen LogP contribution >= 0.6 is 0 Å². The maximum absolute atomic E-state index is 12.3. The highest BCUT2D eigenvalue weighted by Crippen LogP contribution is 2.21. The summed E-state index contributed by atoms with van der Waals surface area (Å²) in [7, 11) is 0. The van der Waals surface area contributed by atoms with Crippen LogP contribution in [-0.2, 0) is 11.2 Å². The topological polar surface area (TPSA) is 71.2 Å². The van der Waals surface area contributed by atoms with E-state index in [1.54, 1.807) is 13.8 Å². The number of hydrogen-bond acceptors (Lipinski definition) is 3. The number of H-pyrrole nitrogens is 1. The number of ether oxygens (including phenoxy) is 1. The summed E-state index contributed by atoms with van der Waals surface area (Å²) in [4.78, 5) is 27.3. The van der Waals surface area contributed by atoms with Crippen molar-refractivity contribution >= 4 is 11.9 Å². The van der Waals surface area contributed by atoms with Crippen LogP contribution in [0.3, 0.4) is 0 Å². The van der Waals surface area contributed by atoms with E-state index in [4.69, 9.17) is 4.74 Å². The molecule has 2 N–H and O–H groups in total. The largest absolute Gasteiger partial charge is 0.462 e. The molecule has 0 fully saturated rings. The number of aromatic amines is 1. The summed E-state index contributed by atoms with van der Waals surface area (Å²) in [6.45, 7) is 11.5. The summed E-state index contributed by atoms with van der Waals surface area (Å²) in [5.41, 5.74) is 1.98. The molecule has 1 aromatic heterocycles. The van der Waals surface area contributed by atoms with E-state index >= 15 is 0 Å². The molecule has 20 heavy (non-hydrogen) atoms. The van der Waals surface area contributed by atoms with Crippen molar-refractivity contribution in [2.75, 3.05) is 6.61 Å². The van der Waals surface area contributed by atoms with Gasteiger partial charge in [0.1, 0.15) is 5.69 Å². The van der Waals surface area contributed by atoms with E-state index in [2.05, 4.69) is 10.3 Å². The van der Waals surface area contributed by atoms with Crippen molar-refractivity contribution in [1.29, 1.82) is 0 Å². The summed E-state index contributed by atoms with van der Waals surface area (Å²) in [5.74, 6) is -0.582. The molecule has 0 aromatic carbocycles. The highest BCUT2D eigenvalue weighted by molar-refractivity contribution is 6.00. The average molecular weight is 280 g/mol. The minimum atomic E-state index is -0.382. The second kappa shape index (κ2) is 6.11. The van der Waals surface area contributed by atoms with E-state index in [9.17, 15) is 9.59 Å². The Bertz CT molecular complexity index is 510. The SMILES string of the molecule is CCOC(=O)c1c(C)[nH]c(C(=O)NC(C)(C)C)c1CC. The minimum absolute atomic E-state index is 0.201. The van der Waals surface area contributed by atoms with Gasteiger partial charge in [-0.05, 0) is 46.6 Å². The van der Waals surface area contributed by atoms with E-state index in [0.29, 0.717) is 35.5 Å². The predicted octanol–water partition coefficient (Wildman–Crippen LogP) is 2.59. The quantitative estimate of drug-likeness (QED) is 0.833. The Hall–Kier alpha value is -1.78. The zero-order chi connectivity index (χ0) is 15.5. The molecule has 0 aliphatic carbocycles. The lowest BCUT2D eigenvalue weighted by molar-refractivity contribution is 0.0524. The van der Waals surface area contributed by atoms with Gasteiger partial charge in [0.25, 0.3) is 5.91 Å². The summed E-state index contributed by atoms with van der Waals surface area (Å²) < 4.78 is 5.05. The monoisotopic (exact) mass is 280 g/mol. The maximum Gasteiger partial charge on any atom is 0.340 e. The van der Waals surface area contributed by atoms with Crippen molar-refractivity contribution in [2.24, 2.45) is 0 Å². The van der Waals surface area contributed by atoms with E-state index in [1.807, 2.05) is 27.7 Å². The molecule has 5 heteroatoms. The molecule has 0 bridgehead atoms. The second-order valence-corrected chi connectivity index (χ2v) is 5.76. The van der Waals surface area contributed by atoms with Crippen molar-refractivity contribution in [3.8, 4) is 0 Å². The minimum Gasteiger partial charge on any atom is -0.462 e. The van der Waals surface area contributed by atoms with Gasteiger partial charge in [-0.1, -0.05) is 6.92 Å². The van der Waals surface area contributed by atoms with E-state index in [0.717, 1.165) is 0 Å². The van der Waals surface area contributed by atoms with Gasteiger partial charge in [-0.25, -0.2) is 4.79 Å². The van der Waals surface area contributed by atoms with Crippen LogP contribution in [0.4, 0.5) is 0 Å². The van der Waals surface area contributed by atoms with Gasteiger partial charge in [-0.2, -0.15) is 0 Å². The van der Waals surface area contributed by atoms with Crippen LogP contribution in [0.1, 0.15) is 66.7 Å². The summed E-state index contributed by atoms with van der Waals surface area (Å²) in [6.07, 6.45) is 0.589. The molecule has 0 radical (unpaired) electrons. The first-order chi connectivity index (χ1) is 9.21. The first-order valence-electron chi connectivity index (χ1n) is 6.92. The molecule has 0 aliphatic rings. The number of aryl methyl sites for hydroxylation is 1. The van der Waals surface area contributed by atoms with E-state index in [-0.39, 0.29) is 17.4 Å². The Labute approximate surface area is 120 Å². The zero-order valence-electron chi connectivity index (χ0n) is 13.1. The van der Waals surface area contributed by atoms with Gasteiger partial charge in [0.15, 0.2) is 0 Å². The van der Waals surface area contributed by atoms with Gasteiger partial charge in [0, 0.05) is 11.2 Å². The smallest absolute Gasteiger partial charge is 0.340 e. The van der Waals surface area contributed by atoms with Crippen LogP contribution in [0.2, 0.25) is 0 Å². The van der Waals surface area contributed by atoms with Crippen molar-refractivity contribution in [2.45, 2.75) is 53.5 Å². The fourth-order valence-corrected chi connectivity index (χ4v) is 2.11. The van der Waals surface area contributed by atoms with Crippen LogP contribution in [0.25, 0.3) is 0 Å². The first-order valence-corrected chi connectivity index (χ1v) is 6.92. The Morgan fingerprint density at radius 2 is 1.85 bits per heavy atom. The lowest BCUT2D eigenvalue weighted by Gasteiger charge is -2.20. The number of hydrogen-bond donors (Lipinski definition) is 2. The molecule has 0 saturated heterocycles. The van der Waals surface area contributed by atoms with Gasteiger partial charge in [0.05, 0.1) is 12.2 Å². The third kappa shape index (κ3) is 3.62. The third-order valence-electron chi connectivity index (χ3n) is 2.84. The van der Waals surface area contributed by atoms with E-state index in [1.165, 1.54) is 0 Å². The van der Waals surface area contributed by atoms with Gasteiger partial charge in [-0.15, -0.1) is 0 Å². The fraction of sp³-hybridized carbons (Fsp3) is 0.600. The van der Waals surface area contributed by atoms with Gasteiger partial charge in [-0.3, -0.25) is 4.79 Å². The molecule has 0 aliphatic heterocycles. The van der Waals surface area contributed by atoms with Crippen molar-refractivity contribution in [1.82, 2.24) is 10.3 Å². The number of rotatable bonds is 4. The third-order valence-corrected chi connectivity index (χ3v) is 2.84. The average Bonchev–Trinajstić information content (AvgIpc) is 2.64. The molecular formula is C15H24N2O3. The second-order valence-electron chi connectivity index (χ2n) is 5.76. The highest BCUT2D eigenvalue weighted by Gasteiger charge is 2.26. The molecule has 0 atom stereocenters. The Morgan fingerprint density at radius 1 is 1.25 bits per heavy atom. The van der Waals surface area contributed by atoms with Crippen LogP contribution < -0.4 is 5.32 Å². The summed E-state index contributed by atoms with van der Waals surface area (Å²) in [5, 5.41) is 2.90. The van der Waals surface area contributed by atoms with Crippen LogP contribution in [-0.4, -0.2) is 29.0 Å². The Morgan fingerprint density at radius 3 is 2.30 bits per heavy atom. The van der Waals surface area contributed by atoms with Crippen LogP contribution in [0, 0.1) is 6.92 Å².